The minimum absolute atomic E-state index is 0.00307. The van der Waals surface area contributed by atoms with Crippen LogP contribution in [0.1, 0.15) is 23.5 Å². The number of H-pyrrole nitrogens is 1. The molecule has 0 radical (unpaired) electrons. The van der Waals surface area contributed by atoms with Crippen LogP contribution >= 0.6 is 0 Å². The summed E-state index contributed by atoms with van der Waals surface area (Å²) in [5.74, 6) is -1.65. The molecule has 1 atom stereocenters. The number of phenols is 2. The minimum atomic E-state index is -0.810. The van der Waals surface area contributed by atoms with Gasteiger partial charge in [-0.25, -0.2) is 0 Å². The second-order valence-corrected chi connectivity index (χ2v) is 8.74. The average Bonchev–Trinajstić information content (AvgIpc) is 2.87. The Morgan fingerprint density at radius 1 is 0.973 bits per heavy atom. The van der Waals surface area contributed by atoms with E-state index in [0.717, 1.165) is 5.39 Å². The number of benzene rings is 3. The summed E-state index contributed by atoms with van der Waals surface area (Å²) in [5.41, 5.74) is 0.640. The Morgan fingerprint density at radius 2 is 1.78 bits per heavy atom. The number of aromatic amines is 1. The summed E-state index contributed by atoms with van der Waals surface area (Å²) < 4.78 is 16.6. The summed E-state index contributed by atoms with van der Waals surface area (Å²) in [4.78, 5) is 41.6. The molecule has 184 valence electrons. The molecule has 3 heterocycles. The predicted molar refractivity (Wildman–Crippen MR) is 134 cm³/mol. The molecule has 0 amide bonds. The van der Waals surface area contributed by atoms with Crippen molar-refractivity contribution in [1.82, 2.24) is 4.98 Å². The van der Waals surface area contributed by atoms with E-state index in [0.29, 0.717) is 22.2 Å². The number of esters is 1. The monoisotopic (exact) mass is 497 g/mol. The number of aromatic hydroxyl groups is 2. The molecule has 1 unspecified atom stereocenters. The summed E-state index contributed by atoms with van der Waals surface area (Å²) in [7, 11) is 1.41. The third kappa shape index (κ3) is 3.59. The van der Waals surface area contributed by atoms with Gasteiger partial charge in [0, 0.05) is 40.3 Å². The van der Waals surface area contributed by atoms with Crippen molar-refractivity contribution in [3.05, 3.63) is 92.4 Å². The molecular formula is C28H19NO8. The molecule has 37 heavy (non-hydrogen) atoms. The second-order valence-electron chi connectivity index (χ2n) is 8.74. The topological polar surface area (TPSA) is 139 Å². The van der Waals surface area contributed by atoms with E-state index >= 15 is 0 Å². The van der Waals surface area contributed by atoms with Gasteiger partial charge in [-0.15, -0.1) is 0 Å². The lowest BCUT2D eigenvalue weighted by atomic mass is 9.85. The van der Waals surface area contributed by atoms with Crippen LogP contribution in [-0.2, 0) is 4.79 Å². The number of carbonyl (C=O) groups excluding carboxylic acids is 1. The SMILES string of the molecule is COc1ccc(-c2cc(=O)c3c(O)cc4c(c3o2)C(c2cc3ccccc3[nH]c2=O)CC(=O)O4)cc1O. The first-order valence-corrected chi connectivity index (χ1v) is 11.4. The molecule has 1 aliphatic heterocycles. The maximum Gasteiger partial charge on any atom is 0.312 e. The maximum atomic E-state index is 13.2. The number of ether oxygens (including phenoxy) is 2. The molecular weight excluding hydrogens is 478 g/mol. The summed E-state index contributed by atoms with van der Waals surface area (Å²) in [6.45, 7) is 0. The number of fused-ring (bicyclic) bond motifs is 4. The van der Waals surface area contributed by atoms with Gasteiger partial charge in [0.2, 0.25) is 0 Å². The molecule has 3 aromatic carbocycles. The number of para-hydroxylation sites is 1. The number of hydrogen-bond donors (Lipinski definition) is 3. The Labute approximate surface area is 208 Å². The average molecular weight is 497 g/mol. The Morgan fingerprint density at radius 3 is 2.57 bits per heavy atom. The number of phenolic OH excluding ortho intramolecular Hbond substituents is 2. The second kappa shape index (κ2) is 8.27. The van der Waals surface area contributed by atoms with Crippen molar-refractivity contribution in [2.45, 2.75) is 12.3 Å². The minimum Gasteiger partial charge on any atom is -0.507 e. The molecule has 1 aliphatic rings. The van der Waals surface area contributed by atoms with E-state index < -0.39 is 28.6 Å². The quantitative estimate of drug-likeness (QED) is 0.249. The highest BCUT2D eigenvalue weighted by atomic mass is 16.5. The van der Waals surface area contributed by atoms with Crippen molar-refractivity contribution in [2.24, 2.45) is 0 Å². The van der Waals surface area contributed by atoms with E-state index in [-0.39, 0.29) is 40.4 Å². The van der Waals surface area contributed by atoms with Crippen LogP contribution in [-0.4, -0.2) is 28.3 Å². The third-order valence-corrected chi connectivity index (χ3v) is 6.55. The largest absolute Gasteiger partial charge is 0.507 e. The fourth-order valence-electron chi connectivity index (χ4n) is 4.83. The highest BCUT2D eigenvalue weighted by Crippen LogP contribution is 2.45. The molecule has 3 N–H and O–H groups in total. The van der Waals surface area contributed by atoms with Gasteiger partial charge in [-0.2, -0.15) is 0 Å². The molecule has 0 aliphatic carbocycles. The van der Waals surface area contributed by atoms with E-state index in [1.807, 2.05) is 12.1 Å². The van der Waals surface area contributed by atoms with E-state index in [4.69, 9.17) is 13.9 Å². The van der Waals surface area contributed by atoms with Crippen LogP contribution in [0.2, 0.25) is 0 Å². The first-order chi connectivity index (χ1) is 17.8. The number of nitrogens with one attached hydrogen (secondary N) is 1. The van der Waals surface area contributed by atoms with E-state index in [1.54, 1.807) is 24.3 Å². The molecule has 6 rings (SSSR count). The van der Waals surface area contributed by atoms with Crippen LogP contribution < -0.4 is 20.5 Å². The van der Waals surface area contributed by atoms with Crippen molar-refractivity contribution in [2.75, 3.05) is 7.11 Å². The first-order valence-electron chi connectivity index (χ1n) is 11.4. The zero-order valence-electron chi connectivity index (χ0n) is 19.4. The molecule has 9 nitrogen and oxygen atoms in total. The molecule has 0 saturated heterocycles. The first kappa shape index (κ1) is 22.4. The highest BCUT2D eigenvalue weighted by molar-refractivity contribution is 5.93. The summed E-state index contributed by atoms with van der Waals surface area (Å²) >= 11 is 0. The van der Waals surface area contributed by atoms with Crippen LogP contribution in [0.5, 0.6) is 23.0 Å². The molecule has 0 saturated carbocycles. The molecule has 9 heteroatoms. The Hall–Kier alpha value is -5.05. The number of rotatable bonds is 3. The zero-order chi connectivity index (χ0) is 25.8. The van der Waals surface area contributed by atoms with Gasteiger partial charge in [-0.05, 0) is 35.7 Å². The van der Waals surface area contributed by atoms with Gasteiger partial charge in [0.1, 0.15) is 28.2 Å². The van der Waals surface area contributed by atoms with Gasteiger partial charge >= 0.3 is 5.97 Å². The Balaban J connectivity index is 1.64. The lowest BCUT2D eigenvalue weighted by Crippen LogP contribution is -2.26. The molecule has 5 aromatic rings. The van der Waals surface area contributed by atoms with E-state index in [2.05, 4.69) is 4.98 Å². The van der Waals surface area contributed by atoms with Crippen LogP contribution in [0.25, 0.3) is 33.2 Å². The number of pyridine rings is 1. The van der Waals surface area contributed by atoms with Gasteiger partial charge < -0.3 is 29.1 Å². The van der Waals surface area contributed by atoms with E-state index in [1.165, 1.54) is 31.4 Å². The van der Waals surface area contributed by atoms with Gasteiger partial charge in [0.15, 0.2) is 16.9 Å². The van der Waals surface area contributed by atoms with Crippen molar-refractivity contribution in [1.29, 1.82) is 0 Å². The van der Waals surface area contributed by atoms with Crippen LogP contribution in [0, 0.1) is 0 Å². The van der Waals surface area contributed by atoms with Gasteiger partial charge in [-0.3, -0.25) is 14.4 Å². The third-order valence-electron chi connectivity index (χ3n) is 6.55. The fraction of sp³-hybridized carbons (Fsp3) is 0.107. The maximum absolute atomic E-state index is 13.2. The summed E-state index contributed by atoms with van der Waals surface area (Å²) in [6, 6.07) is 15.8. The molecule has 0 spiro atoms. The van der Waals surface area contributed by atoms with Crippen molar-refractivity contribution in [3.63, 3.8) is 0 Å². The van der Waals surface area contributed by atoms with Crippen molar-refractivity contribution >= 4 is 27.8 Å². The van der Waals surface area contributed by atoms with Gasteiger partial charge in [-0.1, -0.05) is 18.2 Å². The van der Waals surface area contributed by atoms with Crippen LogP contribution in [0.4, 0.5) is 0 Å². The number of aromatic nitrogens is 1. The highest BCUT2D eigenvalue weighted by Gasteiger charge is 2.35. The number of methoxy groups -OCH3 is 1. The molecule has 2 aromatic heterocycles. The lowest BCUT2D eigenvalue weighted by molar-refractivity contribution is -0.135. The lowest BCUT2D eigenvalue weighted by Gasteiger charge is -2.25. The standard InChI is InChI=1S/C28H19NO8/c1-35-21-7-6-14(9-18(21)30)22-11-19(31)26-20(32)12-23-25(27(26)37-22)15(10-24(33)36-23)16-8-13-4-2-3-5-17(13)29-28(16)34/h2-9,11-12,15,30,32H,10H2,1H3,(H,29,34). The molecule has 0 fully saturated rings. The summed E-state index contributed by atoms with van der Waals surface area (Å²) in [6.07, 6.45) is -0.175. The van der Waals surface area contributed by atoms with Gasteiger partial charge in [0.05, 0.1) is 13.5 Å². The van der Waals surface area contributed by atoms with Crippen molar-refractivity contribution < 1.29 is 28.9 Å². The van der Waals surface area contributed by atoms with Gasteiger partial charge in [0.25, 0.3) is 5.56 Å². The number of hydrogen-bond acceptors (Lipinski definition) is 8. The Kier molecular flexibility index (Phi) is 5.01. The normalized spacial score (nSPS) is 14.9. The van der Waals surface area contributed by atoms with Crippen molar-refractivity contribution in [3.8, 4) is 34.3 Å². The fourth-order valence-corrected chi connectivity index (χ4v) is 4.83. The zero-order valence-corrected chi connectivity index (χ0v) is 19.4. The van der Waals surface area contributed by atoms with Crippen LogP contribution in [0.15, 0.2) is 74.7 Å². The summed E-state index contributed by atoms with van der Waals surface area (Å²) in [5, 5.41) is 21.5. The predicted octanol–water partition coefficient (Wildman–Crippen LogP) is 4.16. The molecule has 0 bridgehead atoms. The van der Waals surface area contributed by atoms with Crippen LogP contribution in [0.3, 0.4) is 0 Å². The number of carbonyl (C=O) groups is 1. The smallest absolute Gasteiger partial charge is 0.312 e. The Bertz CT molecular complexity index is 1870. The van der Waals surface area contributed by atoms with E-state index in [9.17, 15) is 24.6 Å².